The fourth-order valence-electron chi connectivity index (χ4n) is 2.70. The first-order valence-corrected chi connectivity index (χ1v) is 8.74. The number of anilines is 1. The number of halogens is 1. The van der Waals surface area contributed by atoms with Crippen molar-refractivity contribution in [2.45, 2.75) is 12.5 Å². The molecule has 136 valence electrons. The average molecular weight is 377 g/mol. The summed E-state index contributed by atoms with van der Waals surface area (Å²) in [6.45, 7) is 0.888. The molecule has 26 heavy (non-hydrogen) atoms. The van der Waals surface area contributed by atoms with E-state index in [-0.39, 0.29) is 18.0 Å². The lowest BCUT2D eigenvalue weighted by atomic mass is 10.1. The maximum Gasteiger partial charge on any atom is 0.321 e. The Labute approximate surface area is 152 Å². The Bertz CT molecular complexity index is 841. The molecular weight excluding hydrogens is 361 g/mol. The van der Waals surface area contributed by atoms with Gasteiger partial charge in [0.05, 0.1) is 18.0 Å². The van der Waals surface area contributed by atoms with E-state index in [9.17, 15) is 18.8 Å². The smallest absolute Gasteiger partial charge is 0.321 e. The standard InChI is InChI=1S/C17H16FN3O4S/c18-12-4-3-10(21-6-5-19-17(21)25)8-11(12)16(24)20-13(9-15(22)23)14-2-1-7-26-14/h1-4,7-8,13H,5-6,9H2,(H,19,25)(H,20,24)(H,22,23)/t13-/m0/s1. The lowest BCUT2D eigenvalue weighted by Crippen LogP contribution is -2.31. The van der Waals surface area contributed by atoms with Gasteiger partial charge in [0.15, 0.2) is 0 Å². The number of carbonyl (C=O) groups excluding carboxylic acids is 2. The van der Waals surface area contributed by atoms with Crippen LogP contribution in [0.5, 0.6) is 0 Å². The molecule has 7 nitrogen and oxygen atoms in total. The van der Waals surface area contributed by atoms with Gasteiger partial charge < -0.3 is 15.7 Å². The highest BCUT2D eigenvalue weighted by atomic mass is 32.1. The Morgan fingerprint density at radius 1 is 1.38 bits per heavy atom. The second-order valence-electron chi connectivity index (χ2n) is 5.69. The van der Waals surface area contributed by atoms with E-state index < -0.39 is 23.7 Å². The first-order chi connectivity index (χ1) is 12.5. The van der Waals surface area contributed by atoms with Crippen molar-refractivity contribution in [3.8, 4) is 0 Å². The molecule has 1 aromatic heterocycles. The number of rotatable bonds is 6. The fraction of sp³-hybridized carbons (Fsp3) is 0.235. The number of hydrogen-bond acceptors (Lipinski definition) is 4. The molecule has 1 saturated heterocycles. The largest absolute Gasteiger partial charge is 0.481 e. The summed E-state index contributed by atoms with van der Waals surface area (Å²) in [5.74, 6) is -2.55. The van der Waals surface area contributed by atoms with E-state index >= 15 is 0 Å². The second kappa shape index (κ2) is 7.52. The molecule has 0 saturated carbocycles. The molecular formula is C17H16FN3O4S. The number of benzene rings is 1. The first kappa shape index (κ1) is 17.9. The van der Waals surface area contributed by atoms with Gasteiger partial charge in [-0.15, -0.1) is 11.3 Å². The third-order valence-corrected chi connectivity index (χ3v) is 4.92. The molecule has 1 atom stereocenters. The number of urea groups is 1. The van der Waals surface area contributed by atoms with Crippen molar-refractivity contribution in [2.24, 2.45) is 0 Å². The molecule has 2 aromatic rings. The van der Waals surface area contributed by atoms with Crippen LogP contribution in [0.1, 0.15) is 27.7 Å². The molecule has 0 spiro atoms. The number of amides is 3. The monoisotopic (exact) mass is 377 g/mol. The molecule has 3 N–H and O–H groups in total. The van der Waals surface area contributed by atoms with Crippen LogP contribution in [-0.2, 0) is 4.79 Å². The lowest BCUT2D eigenvalue weighted by molar-refractivity contribution is -0.137. The molecule has 3 rings (SSSR count). The van der Waals surface area contributed by atoms with Gasteiger partial charge in [-0.25, -0.2) is 9.18 Å². The van der Waals surface area contributed by atoms with E-state index in [1.54, 1.807) is 17.5 Å². The van der Waals surface area contributed by atoms with Crippen molar-refractivity contribution >= 4 is 34.9 Å². The van der Waals surface area contributed by atoms with Gasteiger partial charge in [-0.1, -0.05) is 6.07 Å². The van der Waals surface area contributed by atoms with Crippen LogP contribution in [0, 0.1) is 5.82 Å². The minimum absolute atomic E-state index is 0.242. The third kappa shape index (κ3) is 3.83. The zero-order valence-electron chi connectivity index (χ0n) is 13.6. The third-order valence-electron chi connectivity index (χ3n) is 3.93. The number of hydrogen-bond donors (Lipinski definition) is 3. The normalized spacial score (nSPS) is 14.8. The minimum atomic E-state index is -1.08. The van der Waals surface area contributed by atoms with Crippen LogP contribution < -0.4 is 15.5 Å². The average Bonchev–Trinajstić information content (AvgIpc) is 3.26. The molecule has 9 heteroatoms. The maximum absolute atomic E-state index is 14.2. The number of carboxylic acid groups (broad SMARTS) is 1. The van der Waals surface area contributed by atoms with Gasteiger partial charge in [-0.3, -0.25) is 14.5 Å². The van der Waals surface area contributed by atoms with Crippen molar-refractivity contribution in [2.75, 3.05) is 18.0 Å². The van der Waals surface area contributed by atoms with Gasteiger partial charge in [0.25, 0.3) is 5.91 Å². The summed E-state index contributed by atoms with van der Waals surface area (Å²) in [4.78, 5) is 37.4. The summed E-state index contributed by atoms with van der Waals surface area (Å²) in [7, 11) is 0. The Hall–Kier alpha value is -2.94. The molecule has 0 bridgehead atoms. The van der Waals surface area contributed by atoms with E-state index in [1.807, 2.05) is 0 Å². The van der Waals surface area contributed by atoms with Crippen molar-refractivity contribution in [1.29, 1.82) is 0 Å². The number of carboxylic acids is 1. The second-order valence-corrected chi connectivity index (χ2v) is 6.67. The van der Waals surface area contributed by atoms with E-state index in [1.165, 1.54) is 28.4 Å². The Balaban J connectivity index is 1.84. The van der Waals surface area contributed by atoms with Crippen LogP contribution in [0.2, 0.25) is 0 Å². The molecule has 1 aliphatic rings. The highest BCUT2D eigenvalue weighted by molar-refractivity contribution is 7.10. The van der Waals surface area contributed by atoms with Gasteiger partial charge in [0.1, 0.15) is 5.82 Å². The summed E-state index contributed by atoms with van der Waals surface area (Å²) in [5, 5.41) is 16.0. The van der Waals surface area contributed by atoms with E-state index in [0.717, 1.165) is 6.07 Å². The Morgan fingerprint density at radius 3 is 2.81 bits per heavy atom. The molecule has 2 heterocycles. The molecule has 0 radical (unpaired) electrons. The zero-order valence-corrected chi connectivity index (χ0v) is 14.4. The molecule has 0 aliphatic carbocycles. The number of nitrogens with one attached hydrogen (secondary N) is 2. The van der Waals surface area contributed by atoms with Crippen molar-refractivity contribution < 1.29 is 23.9 Å². The number of thiophene rings is 1. The van der Waals surface area contributed by atoms with Crippen LogP contribution in [0.4, 0.5) is 14.9 Å². The summed E-state index contributed by atoms with van der Waals surface area (Å²) in [6, 6.07) is 6.21. The van der Waals surface area contributed by atoms with Gasteiger partial charge in [0, 0.05) is 23.7 Å². The SMILES string of the molecule is O=C(O)C[C@H](NC(=O)c1cc(N2CCNC2=O)ccc1F)c1cccs1. The molecule has 1 fully saturated rings. The van der Waals surface area contributed by atoms with Crippen molar-refractivity contribution in [3.05, 3.63) is 52.0 Å². The molecule has 1 aliphatic heterocycles. The van der Waals surface area contributed by atoms with Gasteiger partial charge >= 0.3 is 12.0 Å². The summed E-state index contributed by atoms with van der Waals surface area (Å²) < 4.78 is 14.2. The number of aliphatic carboxylic acids is 1. The van der Waals surface area contributed by atoms with Crippen molar-refractivity contribution in [3.63, 3.8) is 0 Å². The molecule has 3 amide bonds. The van der Waals surface area contributed by atoms with Crippen LogP contribution in [-0.4, -0.2) is 36.1 Å². The van der Waals surface area contributed by atoms with Gasteiger partial charge in [-0.05, 0) is 29.6 Å². The Morgan fingerprint density at radius 2 is 2.19 bits per heavy atom. The van der Waals surface area contributed by atoms with Gasteiger partial charge in [-0.2, -0.15) is 0 Å². The van der Waals surface area contributed by atoms with Gasteiger partial charge in [0.2, 0.25) is 0 Å². The zero-order chi connectivity index (χ0) is 18.7. The molecule has 0 unspecified atom stereocenters. The van der Waals surface area contributed by atoms with E-state index in [2.05, 4.69) is 10.6 Å². The predicted molar refractivity (Wildman–Crippen MR) is 93.9 cm³/mol. The quantitative estimate of drug-likeness (QED) is 0.720. The highest BCUT2D eigenvalue weighted by Gasteiger charge is 2.25. The first-order valence-electron chi connectivity index (χ1n) is 7.86. The summed E-state index contributed by atoms with van der Waals surface area (Å²) in [5.41, 5.74) is 0.159. The predicted octanol–water partition coefficient (Wildman–Crippen LogP) is 2.36. The van der Waals surface area contributed by atoms with Crippen LogP contribution >= 0.6 is 11.3 Å². The fourth-order valence-corrected chi connectivity index (χ4v) is 3.47. The van der Waals surface area contributed by atoms with E-state index in [0.29, 0.717) is 23.7 Å². The maximum atomic E-state index is 14.2. The highest BCUT2D eigenvalue weighted by Crippen LogP contribution is 2.25. The Kier molecular flexibility index (Phi) is 5.17. The lowest BCUT2D eigenvalue weighted by Gasteiger charge is -2.18. The van der Waals surface area contributed by atoms with E-state index in [4.69, 9.17) is 5.11 Å². The van der Waals surface area contributed by atoms with Crippen molar-refractivity contribution in [1.82, 2.24) is 10.6 Å². The summed E-state index contributed by atoms with van der Waals surface area (Å²) in [6.07, 6.45) is -0.317. The topological polar surface area (TPSA) is 98.7 Å². The van der Waals surface area contributed by atoms with Crippen LogP contribution in [0.25, 0.3) is 0 Å². The van der Waals surface area contributed by atoms with Crippen LogP contribution in [0.3, 0.4) is 0 Å². The number of nitrogens with zero attached hydrogens (tertiary/aromatic N) is 1. The molecule has 1 aromatic carbocycles. The summed E-state index contributed by atoms with van der Waals surface area (Å²) >= 11 is 1.31. The van der Waals surface area contributed by atoms with Crippen LogP contribution in [0.15, 0.2) is 35.7 Å². The minimum Gasteiger partial charge on any atom is -0.481 e. The number of carbonyl (C=O) groups is 3.